The number of fused-ring (bicyclic) bond motifs is 2. The molecule has 1 aromatic carbocycles. The number of hydrogen-bond acceptors (Lipinski definition) is 3. The van der Waals surface area contributed by atoms with E-state index in [4.69, 9.17) is 4.74 Å². The van der Waals surface area contributed by atoms with E-state index in [1.165, 1.54) is 5.57 Å². The van der Waals surface area contributed by atoms with E-state index in [0.29, 0.717) is 18.4 Å². The lowest BCUT2D eigenvalue weighted by atomic mass is 9.60. The molecule has 1 saturated heterocycles. The second-order valence-electron chi connectivity index (χ2n) is 6.31. The van der Waals surface area contributed by atoms with E-state index in [0.717, 1.165) is 12.0 Å². The minimum Gasteiger partial charge on any atom is -0.508 e. The predicted molar refractivity (Wildman–Crippen MR) is 77.3 cm³/mol. The third-order valence-corrected chi connectivity index (χ3v) is 5.27. The number of hydrogen-bond donors (Lipinski definition) is 2. The van der Waals surface area contributed by atoms with Gasteiger partial charge in [-0.1, -0.05) is 30.7 Å². The quantitative estimate of drug-likeness (QED) is 0.815. The summed E-state index contributed by atoms with van der Waals surface area (Å²) in [6.45, 7) is 5.16. The zero-order valence-electron chi connectivity index (χ0n) is 12.0. The molecule has 1 aromatic rings. The van der Waals surface area contributed by atoms with Crippen molar-refractivity contribution < 1.29 is 14.9 Å². The fraction of sp³-hybridized carbons (Fsp3) is 0.529. The molecule has 3 rings (SSSR count). The van der Waals surface area contributed by atoms with E-state index in [2.05, 4.69) is 19.9 Å². The molecule has 0 unspecified atom stereocenters. The molecule has 1 fully saturated rings. The molecule has 0 radical (unpaired) electrons. The van der Waals surface area contributed by atoms with Gasteiger partial charge in [-0.3, -0.25) is 0 Å². The molecule has 1 heterocycles. The molecule has 3 heteroatoms. The number of rotatable bonds is 2. The molecule has 4 atom stereocenters. The van der Waals surface area contributed by atoms with Crippen molar-refractivity contribution in [3.8, 4) is 5.75 Å². The highest BCUT2D eigenvalue weighted by Crippen LogP contribution is 2.53. The highest BCUT2D eigenvalue weighted by molar-refractivity contribution is 5.31. The van der Waals surface area contributed by atoms with E-state index in [-0.39, 0.29) is 23.9 Å². The third kappa shape index (κ3) is 1.97. The van der Waals surface area contributed by atoms with Crippen molar-refractivity contribution >= 4 is 0 Å². The minimum absolute atomic E-state index is 0.0156. The van der Waals surface area contributed by atoms with Crippen LogP contribution in [0.4, 0.5) is 0 Å². The van der Waals surface area contributed by atoms with Crippen LogP contribution in [0.1, 0.15) is 31.9 Å². The Kier molecular flexibility index (Phi) is 3.35. The maximum atomic E-state index is 9.80. The van der Waals surface area contributed by atoms with Crippen LogP contribution in [0.5, 0.6) is 5.75 Å². The highest BCUT2D eigenvalue weighted by Gasteiger charge is 2.50. The summed E-state index contributed by atoms with van der Waals surface area (Å²) in [6.07, 6.45) is 3.17. The van der Waals surface area contributed by atoms with Gasteiger partial charge in [-0.25, -0.2) is 0 Å². The number of benzene rings is 1. The molecule has 2 bridgehead atoms. The van der Waals surface area contributed by atoms with E-state index >= 15 is 0 Å². The highest BCUT2D eigenvalue weighted by atomic mass is 16.5. The number of aliphatic hydroxyl groups is 1. The van der Waals surface area contributed by atoms with Gasteiger partial charge in [0.05, 0.1) is 19.3 Å². The summed E-state index contributed by atoms with van der Waals surface area (Å²) in [5.74, 6) is 0.970. The van der Waals surface area contributed by atoms with Gasteiger partial charge in [-0.2, -0.15) is 0 Å². The van der Waals surface area contributed by atoms with Gasteiger partial charge in [0.25, 0.3) is 0 Å². The summed E-state index contributed by atoms with van der Waals surface area (Å²) in [4.78, 5) is 0. The summed E-state index contributed by atoms with van der Waals surface area (Å²) >= 11 is 0. The van der Waals surface area contributed by atoms with Gasteiger partial charge in [0.15, 0.2) is 0 Å². The number of aromatic hydroxyl groups is 1. The molecule has 2 N–H and O–H groups in total. The second kappa shape index (κ2) is 4.90. The maximum Gasteiger partial charge on any atom is 0.115 e. The van der Waals surface area contributed by atoms with Gasteiger partial charge < -0.3 is 14.9 Å². The first-order valence-corrected chi connectivity index (χ1v) is 7.25. The van der Waals surface area contributed by atoms with Crippen molar-refractivity contribution in [3.05, 3.63) is 41.5 Å². The Morgan fingerprint density at radius 2 is 2.00 bits per heavy atom. The molecular weight excluding hydrogens is 252 g/mol. The normalized spacial score (nSPS) is 36.5. The number of phenolic OH excluding ortho intramolecular Hbond substituents is 1. The first-order chi connectivity index (χ1) is 9.57. The zero-order valence-corrected chi connectivity index (χ0v) is 12.0. The van der Waals surface area contributed by atoms with E-state index in [1.807, 2.05) is 12.1 Å². The Morgan fingerprint density at radius 3 is 2.65 bits per heavy atom. The molecule has 108 valence electrons. The largest absolute Gasteiger partial charge is 0.508 e. The van der Waals surface area contributed by atoms with Crippen LogP contribution in [0.25, 0.3) is 0 Å². The average molecular weight is 274 g/mol. The molecule has 0 saturated carbocycles. The maximum absolute atomic E-state index is 9.80. The first kappa shape index (κ1) is 13.7. The fourth-order valence-electron chi connectivity index (χ4n) is 3.73. The van der Waals surface area contributed by atoms with Gasteiger partial charge in [0.1, 0.15) is 5.75 Å². The van der Waals surface area contributed by atoms with Crippen molar-refractivity contribution in [2.75, 3.05) is 13.2 Å². The summed E-state index contributed by atoms with van der Waals surface area (Å²) in [6, 6.07) is 7.28. The Balaban J connectivity index is 1.97. The van der Waals surface area contributed by atoms with Gasteiger partial charge in [-0.05, 0) is 37.0 Å². The first-order valence-electron chi connectivity index (χ1n) is 7.25. The van der Waals surface area contributed by atoms with Crippen LogP contribution in [0.2, 0.25) is 0 Å². The Hall–Kier alpha value is -1.32. The molecule has 0 amide bonds. The zero-order chi connectivity index (χ0) is 14.3. The van der Waals surface area contributed by atoms with Gasteiger partial charge in [0, 0.05) is 11.3 Å². The Labute approximate surface area is 119 Å². The van der Waals surface area contributed by atoms with Crippen LogP contribution in [0, 0.1) is 17.3 Å². The van der Waals surface area contributed by atoms with Crippen LogP contribution < -0.4 is 0 Å². The topological polar surface area (TPSA) is 49.7 Å². The molecule has 0 aromatic heterocycles. The smallest absolute Gasteiger partial charge is 0.115 e. The third-order valence-electron chi connectivity index (χ3n) is 5.27. The lowest BCUT2D eigenvalue weighted by Gasteiger charge is -2.52. The van der Waals surface area contributed by atoms with E-state index < -0.39 is 0 Å². The average Bonchev–Trinajstić information content (AvgIpc) is 2.45. The standard InChI is InChI=1S/C17H22O3/c1-11-7-8-17(9-18)10-20-16(15(11)12(17)2)13-3-5-14(19)6-4-13/h3-7,12,15-16,18-19H,8-10H2,1-2H3/t12-,15-,16-,17-/m0/s1. The molecule has 1 aliphatic heterocycles. The fourth-order valence-corrected chi connectivity index (χ4v) is 3.73. The van der Waals surface area contributed by atoms with Crippen LogP contribution in [0.15, 0.2) is 35.9 Å². The predicted octanol–water partition coefficient (Wildman–Crippen LogP) is 3.04. The molecule has 1 aliphatic carbocycles. The van der Waals surface area contributed by atoms with E-state index in [1.54, 1.807) is 12.1 Å². The molecule has 0 spiro atoms. The van der Waals surface area contributed by atoms with Crippen molar-refractivity contribution in [2.24, 2.45) is 17.3 Å². The molecule has 3 nitrogen and oxygen atoms in total. The summed E-state index contributed by atoms with van der Waals surface area (Å²) in [5.41, 5.74) is 2.32. The molecule has 20 heavy (non-hydrogen) atoms. The summed E-state index contributed by atoms with van der Waals surface area (Å²) in [5, 5.41) is 19.2. The van der Waals surface area contributed by atoms with Crippen molar-refractivity contribution in [2.45, 2.75) is 26.4 Å². The SMILES string of the molecule is CC1=CC[C@]2(CO)CO[C@@H](c3ccc(O)cc3)[C@@H]1[C@@H]2C. The van der Waals surface area contributed by atoms with Gasteiger partial charge in [0.2, 0.25) is 0 Å². The molecular formula is C17H22O3. The number of allylic oxidation sites excluding steroid dienone is 1. The second-order valence-corrected chi connectivity index (χ2v) is 6.31. The monoisotopic (exact) mass is 274 g/mol. The Bertz CT molecular complexity index is 520. The Morgan fingerprint density at radius 1 is 1.30 bits per heavy atom. The number of aliphatic hydroxyl groups excluding tert-OH is 1. The van der Waals surface area contributed by atoms with Crippen molar-refractivity contribution in [3.63, 3.8) is 0 Å². The van der Waals surface area contributed by atoms with Crippen LogP contribution in [-0.4, -0.2) is 23.4 Å². The van der Waals surface area contributed by atoms with Crippen molar-refractivity contribution in [1.82, 2.24) is 0 Å². The van der Waals surface area contributed by atoms with Gasteiger partial charge >= 0.3 is 0 Å². The van der Waals surface area contributed by atoms with Crippen LogP contribution in [-0.2, 0) is 4.74 Å². The van der Waals surface area contributed by atoms with Crippen molar-refractivity contribution in [1.29, 1.82) is 0 Å². The lowest BCUT2D eigenvalue weighted by Crippen LogP contribution is -2.50. The number of ether oxygens (including phenoxy) is 1. The van der Waals surface area contributed by atoms with E-state index in [9.17, 15) is 10.2 Å². The molecule has 2 aliphatic rings. The van der Waals surface area contributed by atoms with Crippen LogP contribution >= 0.6 is 0 Å². The van der Waals surface area contributed by atoms with Gasteiger partial charge in [-0.15, -0.1) is 0 Å². The minimum atomic E-state index is -0.127. The lowest BCUT2D eigenvalue weighted by molar-refractivity contribution is -0.148. The number of phenols is 1. The summed E-state index contributed by atoms with van der Waals surface area (Å²) in [7, 11) is 0. The summed E-state index contributed by atoms with van der Waals surface area (Å²) < 4.78 is 6.12. The van der Waals surface area contributed by atoms with Crippen LogP contribution in [0.3, 0.4) is 0 Å².